The summed E-state index contributed by atoms with van der Waals surface area (Å²) in [7, 11) is -3.09. The first-order valence-corrected chi connectivity index (χ1v) is 8.23. The first-order chi connectivity index (χ1) is 9.37. The van der Waals surface area contributed by atoms with E-state index in [1.54, 1.807) is 0 Å². The molecule has 2 fully saturated rings. The van der Waals surface area contributed by atoms with E-state index in [9.17, 15) is 18.0 Å². The van der Waals surface area contributed by atoms with E-state index >= 15 is 0 Å². The molecule has 0 aliphatic carbocycles. The number of carbonyl (C=O) groups excluding carboxylic acids is 1. The van der Waals surface area contributed by atoms with Crippen LogP contribution >= 0.6 is 0 Å². The van der Waals surface area contributed by atoms with Gasteiger partial charge in [0.05, 0.1) is 30.8 Å². The van der Waals surface area contributed by atoms with Crippen LogP contribution in [0, 0.1) is 5.92 Å². The minimum atomic E-state index is -3.09. The lowest BCUT2D eigenvalue weighted by Gasteiger charge is -2.24. The third-order valence-corrected chi connectivity index (χ3v) is 5.21. The minimum absolute atomic E-state index is 0.0159. The molecule has 0 spiro atoms. The highest BCUT2D eigenvalue weighted by molar-refractivity contribution is 7.91. The van der Waals surface area contributed by atoms with E-state index in [0.29, 0.717) is 6.54 Å². The van der Waals surface area contributed by atoms with E-state index in [1.165, 1.54) is 0 Å². The first-order valence-electron chi connectivity index (χ1n) is 6.41. The van der Waals surface area contributed by atoms with Crippen LogP contribution in [-0.4, -0.2) is 68.7 Å². The molecule has 3 unspecified atom stereocenters. The zero-order valence-electron chi connectivity index (χ0n) is 10.9. The average Bonchev–Trinajstić information content (AvgIpc) is 2.75. The van der Waals surface area contributed by atoms with E-state index in [1.807, 2.05) is 0 Å². The van der Waals surface area contributed by atoms with Crippen LogP contribution in [0.4, 0.5) is 0 Å². The van der Waals surface area contributed by atoms with Crippen molar-refractivity contribution < 1.29 is 27.9 Å². The molecule has 1 amide bonds. The van der Waals surface area contributed by atoms with Gasteiger partial charge in [0.25, 0.3) is 0 Å². The molecule has 2 saturated heterocycles. The van der Waals surface area contributed by atoms with Crippen molar-refractivity contribution in [1.29, 1.82) is 0 Å². The van der Waals surface area contributed by atoms with Gasteiger partial charge in [0.15, 0.2) is 9.84 Å². The fourth-order valence-corrected chi connectivity index (χ4v) is 3.87. The van der Waals surface area contributed by atoms with Gasteiger partial charge in [-0.15, -0.1) is 0 Å². The lowest BCUT2D eigenvalue weighted by atomic mass is 10.0. The predicted molar refractivity (Wildman–Crippen MR) is 68.9 cm³/mol. The molecule has 3 atom stereocenters. The maximum Gasteiger partial charge on any atom is 0.311 e. The first kappa shape index (κ1) is 15.2. The Morgan fingerprint density at radius 3 is 2.75 bits per heavy atom. The number of nitrogens with one attached hydrogen (secondary N) is 2. The minimum Gasteiger partial charge on any atom is -0.481 e. The lowest BCUT2D eigenvalue weighted by molar-refractivity contribution is -0.142. The quantitative estimate of drug-likeness (QED) is 0.548. The van der Waals surface area contributed by atoms with Crippen LogP contribution < -0.4 is 10.6 Å². The molecule has 2 aliphatic heterocycles. The van der Waals surface area contributed by atoms with Crippen LogP contribution in [-0.2, 0) is 24.2 Å². The smallest absolute Gasteiger partial charge is 0.311 e. The molecule has 0 saturated carbocycles. The van der Waals surface area contributed by atoms with Crippen LogP contribution in [0.3, 0.4) is 0 Å². The van der Waals surface area contributed by atoms with Crippen LogP contribution in [0.25, 0.3) is 0 Å². The zero-order valence-corrected chi connectivity index (χ0v) is 11.7. The number of aliphatic carboxylic acids is 1. The number of sulfone groups is 1. The van der Waals surface area contributed by atoms with Crippen LogP contribution in [0.5, 0.6) is 0 Å². The SMILES string of the molecule is O=C(CC1CS(=O)(=O)CCN1)NC1COCC1C(=O)O. The second-order valence-corrected chi connectivity index (χ2v) is 7.35. The Morgan fingerprint density at radius 1 is 1.35 bits per heavy atom. The summed E-state index contributed by atoms with van der Waals surface area (Å²) in [5, 5.41) is 14.5. The predicted octanol–water partition coefficient (Wildman–Crippen LogP) is -2.02. The van der Waals surface area contributed by atoms with Gasteiger partial charge in [0.2, 0.25) is 5.91 Å². The summed E-state index contributed by atoms with van der Waals surface area (Å²) >= 11 is 0. The Kier molecular flexibility index (Phi) is 4.61. The molecule has 2 aliphatic rings. The molecule has 0 aromatic carbocycles. The van der Waals surface area contributed by atoms with Gasteiger partial charge in [0.1, 0.15) is 5.92 Å². The molecule has 8 nitrogen and oxygen atoms in total. The summed E-state index contributed by atoms with van der Waals surface area (Å²) in [6.07, 6.45) is 0.0159. The van der Waals surface area contributed by atoms with E-state index in [0.717, 1.165) is 0 Å². The molecule has 3 N–H and O–H groups in total. The number of carboxylic acid groups (broad SMARTS) is 1. The summed E-state index contributed by atoms with van der Waals surface area (Å²) in [5.74, 6) is -2.10. The lowest BCUT2D eigenvalue weighted by Crippen LogP contribution is -2.49. The molecular formula is C11H18N2O6S. The maximum atomic E-state index is 11.9. The highest BCUT2D eigenvalue weighted by atomic mass is 32.2. The third-order valence-electron chi connectivity index (χ3n) is 3.48. The van der Waals surface area contributed by atoms with Crippen molar-refractivity contribution in [3.8, 4) is 0 Å². The van der Waals surface area contributed by atoms with Crippen LogP contribution in [0.2, 0.25) is 0 Å². The molecule has 9 heteroatoms. The number of rotatable bonds is 4. The Morgan fingerprint density at radius 2 is 2.10 bits per heavy atom. The second-order valence-electron chi connectivity index (χ2n) is 5.13. The molecule has 2 rings (SSSR count). The van der Waals surface area contributed by atoms with E-state index in [-0.39, 0.29) is 37.0 Å². The fourth-order valence-electron chi connectivity index (χ4n) is 2.43. The van der Waals surface area contributed by atoms with Gasteiger partial charge in [0, 0.05) is 19.0 Å². The van der Waals surface area contributed by atoms with Crippen molar-refractivity contribution in [3.05, 3.63) is 0 Å². The monoisotopic (exact) mass is 306 g/mol. The van der Waals surface area contributed by atoms with E-state index in [4.69, 9.17) is 9.84 Å². The van der Waals surface area contributed by atoms with E-state index in [2.05, 4.69) is 10.6 Å². The summed E-state index contributed by atoms with van der Waals surface area (Å²) < 4.78 is 28.0. The number of carboxylic acids is 1. The molecule has 20 heavy (non-hydrogen) atoms. The average molecular weight is 306 g/mol. The largest absolute Gasteiger partial charge is 0.481 e. The normalized spacial score (nSPS) is 32.7. The molecule has 0 bridgehead atoms. The fraction of sp³-hybridized carbons (Fsp3) is 0.818. The van der Waals surface area contributed by atoms with E-state index < -0.39 is 33.8 Å². The number of hydrogen-bond donors (Lipinski definition) is 3. The standard InChI is InChI=1S/C11H18N2O6S/c14-10(3-7-6-20(17,18)2-1-12-7)13-9-5-19-4-8(9)11(15)16/h7-9,12H,1-6H2,(H,13,14)(H,15,16). The number of ether oxygens (including phenoxy) is 1. The van der Waals surface area contributed by atoms with Crippen molar-refractivity contribution in [1.82, 2.24) is 10.6 Å². The van der Waals surface area contributed by atoms with Crippen molar-refractivity contribution in [2.75, 3.05) is 31.3 Å². The van der Waals surface area contributed by atoms with Crippen molar-refractivity contribution in [2.45, 2.75) is 18.5 Å². The summed E-state index contributed by atoms with van der Waals surface area (Å²) in [4.78, 5) is 22.8. The molecular weight excluding hydrogens is 288 g/mol. The summed E-state index contributed by atoms with van der Waals surface area (Å²) in [6, 6.07) is -0.973. The van der Waals surface area contributed by atoms with Gasteiger partial charge in [-0.2, -0.15) is 0 Å². The Labute approximate surface area is 116 Å². The van der Waals surface area contributed by atoms with Crippen molar-refractivity contribution in [2.24, 2.45) is 5.92 Å². The molecule has 0 aromatic heterocycles. The zero-order chi connectivity index (χ0) is 14.8. The van der Waals surface area contributed by atoms with Crippen LogP contribution in [0.15, 0.2) is 0 Å². The Bertz CT molecular complexity index is 491. The second kappa shape index (κ2) is 6.06. The van der Waals surface area contributed by atoms with Crippen molar-refractivity contribution in [3.63, 3.8) is 0 Å². The van der Waals surface area contributed by atoms with Gasteiger partial charge in [-0.1, -0.05) is 0 Å². The summed E-state index contributed by atoms with van der Waals surface area (Å²) in [5.41, 5.74) is 0. The van der Waals surface area contributed by atoms with Gasteiger partial charge in [-0.3, -0.25) is 9.59 Å². The molecule has 2 heterocycles. The van der Waals surface area contributed by atoms with Gasteiger partial charge in [-0.25, -0.2) is 8.42 Å². The molecule has 114 valence electrons. The molecule has 0 aromatic rings. The maximum absolute atomic E-state index is 11.9. The topological polar surface area (TPSA) is 122 Å². The Balaban J connectivity index is 1.85. The highest BCUT2D eigenvalue weighted by Crippen LogP contribution is 2.14. The number of amides is 1. The van der Waals surface area contributed by atoms with Gasteiger partial charge < -0.3 is 20.5 Å². The number of carbonyl (C=O) groups is 2. The van der Waals surface area contributed by atoms with Crippen molar-refractivity contribution >= 4 is 21.7 Å². The third kappa shape index (κ3) is 3.90. The van der Waals surface area contributed by atoms with Gasteiger partial charge >= 0.3 is 5.97 Å². The summed E-state index contributed by atoms with van der Waals surface area (Å²) in [6.45, 7) is 0.583. The van der Waals surface area contributed by atoms with Crippen LogP contribution in [0.1, 0.15) is 6.42 Å². The highest BCUT2D eigenvalue weighted by Gasteiger charge is 2.35. The van der Waals surface area contributed by atoms with Gasteiger partial charge in [-0.05, 0) is 0 Å². The number of hydrogen-bond acceptors (Lipinski definition) is 6. The Hall–Kier alpha value is -1.19. The molecule has 0 radical (unpaired) electrons.